The minimum absolute atomic E-state index is 0.0566. The lowest BCUT2D eigenvalue weighted by atomic mass is 9.98. The predicted octanol–water partition coefficient (Wildman–Crippen LogP) is 3.42. The smallest absolute Gasteiger partial charge is 0.321 e. The fourth-order valence-electron chi connectivity index (χ4n) is 2.72. The molecule has 1 aliphatic heterocycles. The van der Waals surface area contributed by atoms with Gasteiger partial charge in [0.15, 0.2) is 0 Å². The van der Waals surface area contributed by atoms with E-state index < -0.39 is 0 Å². The summed E-state index contributed by atoms with van der Waals surface area (Å²) in [6, 6.07) is 5.34. The summed E-state index contributed by atoms with van der Waals surface area (Å²) >= 11 is 5.99. The van der Waals surface area contributed by atoms with Gasteiger partial charge in [-0.15, -0.1) is 0 Å². The Balaban J connectivity index is 1.91. The molecular formula is C17H24ClN3O2. The van der Waals surface area contributed by atoms with Crippen LogP contribution in [0.2, 0.25) is 5.02 Å². The van der Waals surface area contributed by atoms with Gasteiger partial charge in [-0.1, -0.05) is 24.6 Å². The molecule has 5 nitrogen and oxygen atoms in total. The quantitative estimate of drug-likeness (QED) is 0.884. The molecule has 0 unspecified atom stereocenters. The highest BCUT2D eigenvalue weighted by Gasteiger charge is 2.24. The molecule has 1 aromatic carbocycles. The zero-order chi connectivity index (χ0) is 16.8. The van der Waals surface area contributed by atoms with Crippen molar-refractivity contribution in [1.82, 2.24) is 10.2 Å². The molecule has 1 atom stereocenters. The molecule has 23 heavy (non-hydrogen) atoms. The first-order valence-corrected chi connectivity index (χ1v) is 8.46. The third-order valence-electron chi connectivity index (χ3n) is 4.16. The molecule has 2 N–H and O–H groups in total. The average molecular weight is 338 g/mol. The van der Waals surface area contributed by atoms with Gasteiger partial charge in [0.25, 0.3) is 0 Å². The molecule has 0 spiro atoms. The number of urea groups is 1. The van der Waals surface area contributed by atoms with Crippen LogP contribution in [0.5, 0.6) is 0 Å². The van der Waals surface area contributed by atoms with Gasteiger partial charge in [-0.3, -0.25) is 4.79 Å². The molecule has 0 bridgehead atoms. The fourth-order valence-corrected chi connectivity index (χ4v) is 2.89. The second kappa shape index (κ2) is 8.20. The maximum Gasteiger partial charge on any atom is 0.321 e. The highest BCUT2D eigenvalue weighted by atomic mass is 35.5. The van der Waals surface area contributed by atoms with Gasteiger partial charge < -0.3 is 15.5 Å². The second-order valence-electron chi connectivity index (χ2n) is 6.00. The minimum atomic E-state index is -0.109. The van der Waals surface area contributed by atoms with Crippen LogP contribution in [-0.4, -0.2) is 36.5 Å². The summed E-state index contributed by atoms with van der Waals surface area (Å²) in [5.74, 6) is 0.367. The van der Waals surface area contributed by atoms with E-state index in [-0.39, 0.29) is 11.9 Å². The number of nitrogens with zero attached hydrogens (tertiary/aromatic N) is 1. The van der Waals surface area contributed by atoms with Gasteiger partial charge in [0, 0.05) is 36.8 Å². The highest BCUT2D eigenvalue weighted by Crippen LogP contribution is 2.22. The van der Waals surface area contributed by atoms with Crippen molar-refractivity contribution < 1.29 is 9.59 Å². The van der Waals surface area contributed by atoms with E-state index >= 15 is 0 Å². The van der Waals surface area contributed by atoms with E-state index in [1.165, 1.54) is 0 Å². The summed E-state index contributed by atoms with van der Waals surface area (Å²) in [5, 5.41) is 6.45. The molecule has 3 amide bonds. The minimum Gasteiger partial charge on any atom is -0.356 e. The maximum absolute atomic E-state index is 12.5. The maximum atomic E-state index is 12.5. The molecule has 126 valence electrons. The zero-order valence-corrected chi connectivity index (χ0v) is 14.4. The molecule has 0 aromatic heterocycles. The Labute approximate surface area is 142 Å². The monoisotopic (exact) mass is 337 g/mol. The average Bonchev–Trinajstić information content (AvgIpc) is 2.56. The normalized spacial score (nSPS) is 17.7. The Hall–Kier alpha value is -1.75. The largest absolute Gasteiger partial charge is 0.356 e. The van der Waals surface area contributed by atoms with Gasteiger partial charge in [0.2, 0.25) is 5.91 Å². The molecule has 0 aliphatic carbocycles. The van der Waals surface area contributed by atoms with Crippen LogP contribution < -0.4 is 10.6 Å². The van der Waals surface area contributed by atoms with Crippen molar-refractivity contribution in [2.45, 2.75) is 33.1 Å². The van der Waals surface area contributed by atoms with Gasteiger partial charge in [-0.25, -0.2) is 4.79 Å². The molecule has 0 saturated carbocycles. The number of aryl methyl sites for hydroxylation is 1. The van der Waals surface area contributed by atoms with Crippen LogP contribution in [-0.2, 0) is 4.79 Å². The standard InChI is InChI=1S/C17H24ClN3O2/c1-3-16(22)19-10-13-5-4-8-21(11-13)17(23)20-15-9-14(18)7-6-12(15)2/h6-7,9,13H,3-5,8,10-11H2,1-2H3,(H,19,22)(H,20,23)/t13-/m1/s1. The number of likely N-dealkylation sites (tertiary alicyclic amines) is 1. The Morgan fingerprint density at radius 3 is 2.91 bits per heavy atom. The molecule has 1 saturated heterocycles. The third kappa shape index (κ3) is 5.13. The first-order valence-electron chi connectivity index (χ1n) is 8.08. The number of carbonyl (C=O) groups excluding carboxylic acids is 2. The number of hydrogen-bond acceptors (Lipinski definition) is 2. The number of hydrogen-bond donors (Lipinski definition) is 2. The van der Waals surface area contributed by atoms with Crippen molar-refractivity contribution in [3.63, 3.8) is 0 Å². The van der Waals surface area contributed by atoms with Gasteiger partial charge in [0.05, 0.1) is 0 Å². The summed E-state index contributed by atoms with van der Waals surface area (Å²) in [5.41, 5.74) is 1.72. The van der Waals surface area contributed by atoms with Crippen LogP contribution in [0.3, 0.4) is 0 Å². The summed E-state index contributed by atoms with van der Waals surface area (Å²) in [6.07, 6.45) is 2.48. The van der Waals surface area contributed by atoms with Crippen molar-refractivity contribution in [2.24, 2.45) is 5.92 Å². The van der Waals surface area contributed by atoms with Crippen molar-refractivity contribution in [1.29, 1.82) is 0 Å². The molecular weight excluding hydrogens is 314 g/mol. The van der Waals surface area contributed by atoms with Crippen LogP contribution >= 0.6 is 11.6 Å². The number of nitrogens with one attached hydrogen (secondary N) is 2. The number of anilines is 1. The van der Waals surface area contributed by atoms with Gasteiger partial charge in [0.1, 0.15) is 0 Å². The van der Waals surface area contributed by atoms with Crippen molar-refractivity contribution in [3.8, 4) is 0 Å². The SMILES string of the molecule is CCC(=O)NC[C@H]1CCCN(C(=O)Nc2cc(Cl)ccc2C)C1. The summed E-state index contributed by atoms with van der Waals surface area (Å²) in [6.45, 7) is 5.81. The van der Waals surface area contributed by atoms with Gasteiger partial charge in [-0.2, -0.15) is 0 Å². The molecule has 1 aromatic rings. The first kappa shape index (κ1) is 17.6. The molecule has 1 aliphatic rings. The second-order valence-corrected chi connectivity index (χ2v) is 6.44. The number of halogens is 1. The number of carbonyl (C=O) groups is 2. The Kier molecular flexibility index (Phi) is 6.28. The fraction of sp³-hybridized carbons (Fsp3) is 0.529. The van der Waals surface area contributed by atoms with Crippen LogP contribution in [0.25, 0.3) is 0 Å². The Morgan fingerprint density at radius 1 is 1.39 bits per heavy atom. The van der Waals surface area contributed by atoms with Gasteiger partial charge >= 0.3 is 6.03 Å². The molecule has 1 heterocycles. The van der Waals surface area contributed by atoms with E-state index in [9.17, 15) is 9.59 Å². The van der Waals surface area contributed by atoms with E-state index in [4.69, 9.17) is 11.6 Å². The van der Waals surface area contributed by atoms with Crippen LogP contribution in [0, 0.1) is 12.8 Å². The third-order valence-corrected chi connectivity index (χ3v) is 4.39. The lowest BCUT2D eigenvalue weighted by Gasteiger charge is -2.33. The number of benzene rings is 1. The van der Waals surface area contributed by atoms with E-state index in [1.807, 2.05) is 24.8 Å². The molecule has 0 radical (unpaired) electrons. The van der Waals surface area contributed by atoms with Crippen molar-refractivity contribution in [2.75, 3.05) is 25.0 Å². The van der Waals surface area contributed by atoms with Gasteiger partial charge in [-0.05, 0) is 43.4 Å². The lowest BCUT2D eigenvalue weighted by molar-refractivity contribution is -0.121. The topological polar surface area (TPSA) is 61.4 Å². The van der Waals surface area contributed by atoms with Crippen LogP contribution in [0.15, 0.2) is 18.2 Å². The van der Waals surface area contributed by atoms with E-state index in [2.05, 4.69) is 10.6 Å². The van der Waals surface area contributed by atoms with E-state index in [0.717, 1.165) is 30.6 Å². The summed E-state index contributed by atoms with van der Waals surface area (Å²) in [4.78, 5) is 25.6. The number of piperidine rings is 1. The summed E-state index contributed by atoms with van der Waals surface area (Å²) < 4.78 is 0. The zero-order valence-electron chi connectivity index (χ0n) is 13.7. The summed E-state index contributed by atoms with van der Waals surface area (Å²) in [7, 11) is 0. The number of rotatable bonds is 4. The molecule has 2 rings (SSSR count). The van der Waals surface area contributed by atoms with Crippen LogP contribution in [0.4, 0.5) is 10.5 Å². The van der Waals surface area contributed by atoms with Crippen molar-refractivity contribution >= 4 is 29.2 Å². The van der Waals surface area contributed by atoms with Crippen molar-refractivity contribution in [3.05, 3.63) is 28.8 Å². The van der Waals surface area contributed by atoms with E-state index in [1.54, 1.807) is 12.1 Å². The van der Waals surface area contributed by atoms with Crippen LogP contribution in [0.1, 0.15) is 31.7 Å². The molecule has 1 fully saturated rings. The first-order chi connectivity index (χ1) is 11.0. The highest BCUT2D eigenvalue weighted by molar-refractivity contribution is 6.31. The number of amides is 3. The Bertz CT molecular complexity index is 577. The predicted molar refractivity (Wildman–Crippen MR) is 92.8 cm³/mol. The molecule has 6 heteroatoms. The Morgan fingerprint density at radius 2 is 2.17 bits per heavy atom. The van der Waals surface area contributed by atoms with E-state index in [0.29, 0.717) is 30.5 Å². The lowest BCUT2D eigenvalue weighted by Crippen LogP contribution is -2.45.